The smallest absolute Gasteiger partial charge is 0.329 e. The lowest BCUT2D eigenvalue weighted by Crippen LogP contribution is -2.41. The lowest BCUT2D eigenvalue weighted by molar-refractivity contribution is -0.139. The fraction of sp³-hybridized carbons (Fsp3) is 0.286. The summed E-state index contributed by atoms with van der Waals surface area (Å²) in [4.78, 5) is 23.5. The molecule has 0 radical (unpaired) electrons. The largest absolute Gasteiger partial charge is 0.489 e. The van der Waals surface area contributed by atoms with E-state index in [0.29, 0.717) is 31.1 Å². The highest BCUT2D eigenvalue weighted by molar-refractivity contribution is 6.35. The third-order valence-electron chi connectivity index (χ3n) is 4.28. The number of rotatable bonds is 7. The summed E-state index contributed by atoms with van der Waals surface area (Å²) in [7, 11) is 0. The van der Waals surface area contributed by atoms with Gasteiger partial charge < -0.3 is 14.8 Å². The number of hydrazone groups is 1. The molecule has 0 spiro atoms. The zero-order valence-electron chi connectivity index (χ0n) is 15.8. The minimum Gasteiger partial charge on any atom is -0.489 e. The van der Waals surface area contributed by atoms with E-state index in [-0.39, 0.29) is 11.9 Å². The van der Waals surface area contributed by atoms with E-state index in [1.54, 1.807) is 36.4 Å². The second-order valence-electron chi connectivity index (χ2n) is 6.53. The molecule has 3 rings (SSSR count). The van der Waals surface area contributed by atoms with Gasteiger partial charge in [0.1, 0.15) is 18.2 Å². The van der Waals surface area contributed by atoms with E-state index >= 15 is 0 Å². The SMILES string of the molecule is O=C(NC[C@@H]1CCCO1)C(=O)N/N=C\c1cccc(OCc2ccc(F)cc2)c1. The number of carbonyl (C=O) groups excluding carboxylic acids is 2. The first-order valence-electron chi connectivity index (χ1n) is 9.30. The zero-order chi connectivity index (χ0) is 20.5. The first kappa shape index (κ1) is 20.5. The minimum absolute atomic E-state index is 0.0344. The van der Waals surface area contributed by atoms with Crippen molar-refractivity contribution in [1.29, 1.82) is 0 Å². The molecule has 0 aromatic heterocycles. The van der Waals surface area contributed by atoms with Crippen LogP contribution < -0.4 is 15.5 Å². The van der Waals surface area contributed by atoms with Crippen molar-refractivity contribution in [2.75, 3.05) is 13.2 Å². The van der Waals surface area contributed by atoms with Gasteiger partial charge in [0.05, 0.1) is 12.3 Å². The summed E-state index contributed by atoms with van der Waals surface area (Å²) in [6.07, 6.45) is 3.21. The molecular formula is C21H22FN3O4. The number of halogens is 1. The third-order valence-corrected chi connectivity index (χ3v) is 4.28. The van der Waals surface area contributed by atoms with E-state index in [2.05, 4.69) is 15.8 Å². The van der Waals surface area contributed by atoms with Crippen LogP contribution >= 0.6 is 0 Å². The van der Waals surface area contributed by atoms with Crippen molar-refractivity contribution in [3.8, 4) is 5.75 Å². The normalized spacial score (nSPS) is 16.0. The molecule has 2 amide bonds. The van der Waals surface area contributed by atoms with Crippen LogP contribution in [0.15, 0.2) is 53.6 Å². The van der Waals surface area contributed by atoms with Gasteiger partial charge in [-0.05, 0) is 48.2 Å². The highest BCUT2D eigenvalue weighted by Crippen LogP contribution is 2.14. The van der Waals surface area contributed by atoms with Gasteiger partial charge >= 0.3 is 11.8 Å². The summed E-state index contributed by atoms with van der Waals surface area (Å²) in [5.74, 6) is -1.30. The van der Waals surface area contributed by atoms with Gasteiger partial charge in [-0.1, -0.05) is 24.3 Å². The fourth-order valence-corrected chi connectivity index (χ4v) is 2.74. The number of hydrogen-bond acceptors (Lipinski definition) is 5. The predicted octanol–water partition coefficient (Wildman–Crippen LogP) is 2.15. The summed E-state index contributed by atoms with van der Waals surface area (Å²) in [5, 5.41) is 6.32. The Balaban J connectivity index is 1.44. The van der Waals surface area contributed by atoms with Gasteiger partial charge in [-0.3, -0.25) is 9.59 Å². The molecule has 1 heterocycles. The monoisotopic (exact) mass is 399 g/mol. The van der Waals surface area contributed by atoms with Crippen LogP contribution in [0.4, 0.5) is 4.39 Å². The molecule has 1 aliphatic rings. The van der Waals surface area contributed by atoms with Gasteiger partial charge in [-0.25, -0.2) is 9.82 Å². The average Bonchev–Trinajstić information content (AvgIpc) is 3.25. The Morgan fingerprint density at radius 1 is 1.21 bits per heavy atom. The number of nitrogens with zero attached hydrogens (tertiary/aromatic N) is 1. The standard InChI is InChI=1S/C21H22FN3O4/c22-17-8-6-15(7-9-17)14-29-18-4-1-3-16(11-18)12-24-25-21(27)20(26)23-13-19-5-2-10-28-19/h1,3-4,6-9,11-12,19H,2,5,10,13-14H2,(H,23,26)(H,25,27)/b24-12-/t19-/m0/s1. The number of nitrogens with one attached hydrogen (secondary N) is 2. The molecule has 0 unspecified atom stereocenters. The molecule has 0 saturated carbocycles. The number of benzene rings is 2. The van der Waals surface area contributed by atoms with Crippen molar-refractivity contribution in [3.05, 3.63) is 65.5 Å². The van der Waals surface area contributed by atoms with Gasteiger partial charge in [0.2, 0.25) is 0 Å². The van der Waals surface area contributed by atoms with E-state index in [1.807, 2.05) is 0 Å². The van der Waals surface area contributed by atoms with E-state index in [1.165, 1.54) is 18.3 Å². The predicted molar refractivity (Wildman–Crippen MR) is 105 cm³/mol. The van der Waals surface area contributed by atoms with Crippen molar-refractivity contribution in [2.45, 2.75) is 25.6 Å². The van der Waals surface area contributed by atoms with Crippen LogP contribution in [-0.4, -0.2) is 37.3 Å². The molecule has 2 aromatic carbocycles. The maximum atomic E-state index is 12.9. The van der Waals surface area contributed by atoms with E-state index < -0.39 is 11.8 Å². The summed E-state index contributed by atoms with van der Waals surface area (Å²) in [5.41, 5.74) is 3.71. The van der Waals surface area contributed by atoms with E-state index in [9.17, 15) is 14.0 Å². The topological polar surface area (TPSA) is 89.0 Å². The van der Waals surface area contributed by atoms with Crippen LogP contribution in [0.25, 0.3) is 0 Å². The Morgan fingerprint density at radius 3 is 2.79 bits per heavy atom. The lowest BCUT2D eigenvalue weighted by atomic mass is 10.2. The number of hydrogen-bond donors (Lipinski definition) is 2. The third kappa shape index (κ3) is 6.69. The van der Waals surface area contributed by atoms with Crippen LogP contribution in [0.1, 0.15) is 24.0 Å². The molecule has 2 aromatic rings. The first-order chi connectivity index (χ1) is 14.1. The molecule has 1 fully saturated rings. The summed E-state index contributed by atoms with van der Waals surface area (Å²) in [6.45, 7) is 1.29. The zero-order valence-corrected chi connectivity index (χ0v) is 15.8. The number of ether oxygens (including phenoxy) is 2. The highest BCUT2D eigenvalue weighted by Gasteiger charge is 2.18. The average molecular weight is 399 g/mol. The Hall–Kier alpha value is -3.26. The van der Waals surface area contributed by atoms with E-state index in [4.69, 9.17) is 9.47 Å². The Bertz CT molecular complexity index is 864. The molecule has 1 saturated heterocycles. The maximum Gasteiger partial charge on any atom is 0.329 e. The Kier molecular flexibility index (Phi) is 7.29. The molecule has 2 N–H and O–H groups in total. The quantitative estimate of drug-likeness (QED) is 0.424. The summed E-state index contributed by atoms with van der Waals surface area (Å²) < 4.78 is 24.0. The van der Waals surface area contributed by atoms with Crippen molar-refractivity contribution >= 4 is 18.0 Å². The molecule has 29 heavy (non-hydrogen) atoms. The van der Waals surface area contributed by atoms with Crippen LogP contribution in [0.3, 0.4) is 0 Å². The maximum absolute atomic E-state index is 12.9. The van der Waals surface area contributed by atoms with Crippen molar-refractivity contribution in [1.82, 2.24) is 10.7 Å². The molecular weight excluding hydrogens is 377 g/mol. The van der Waals surface area contributed by atoms with Gasteiger partial charge in [0.25, 0.3) is 0 Å². The lowest BCUT2D eigenvalue weighted by Gasteiger charge is -2.09. The molecule has 0 aliphatic carbocycles. The molecule has 8 heteroatoms. The van der Waals surface area contributed by atoms with Crippen LogP contribution in [0.2, 0.25) is 0 Å². The van der Waals surface area contributed by atoms with Crippen LogP contribution in [-0.2, 0) is 20.9 Å². The highest BCUT2D eigenvalue weighted by atomic mass is 19.1. The Labute approximate surface area is 167 Å². The van der Waals surface area contributed by atoms with Gasteiger partial charge in [0.15, 0.2) is 0 Å². The second kappa shape index (κ2) is 10.3. The van der Waals surface area contributed by atoms with Crippen LogP contribution in [0.5, 0.6) is 5.75 Å². The molecule has 152 valence electrons. The van der Waals surface area contributed by atoms with Gasteiger partial charge in [-0.2, -0.15) is 5.10 Å². The van der Waals surface area contributed by atoms with Crippen molar-refractivity contribution < 1.29 is 23.5 Å². The molecule has 1 atom stereocenters. The first-order valence-corrected chi connectivity index (χ1v) is 9.30. The van der Waals surface area contributed by atoms with Crippen molar-refractivity contribution in [3.63, 3.8) is 0 Å². The van der Waals surface area contributed by atoms with Gasteiger partial charge in [-0.15, -0.1) is 0 Å². The fourth-order valence-electron chi connectivity index (χ4n) is 2.74. The molecule has 1 aliphatic heterocycles. The molecule has 0 bridgehead atoms. The summed E-state index contributed by atoms with van der Waals surface area (Å²) >= 11 is 0. The molecule has 7 nitrogen and oxygen atoms in total. The second-order valence-corrected chi connectivity index (χ2v) is 6.53. The van der Waals surface area contributed by atoms with Crippen molar-refractivity contribution in [2.24, 2.45) is 5.10 Å². The minimum atomic E-state index is -0.844. The number of carbonyl (C=O) groups is 2. The Morgan fingerprint density at radius 2 is 2.03 bits per heavy atom. The van der Waals surface area contributed by atoms with Gasteiger partial charge in [0, 0.05) is 13.2 Å². The van der Waals surface area contributed by atoms with Crippen LogP contribution in [0, 0.1) is 5.82 Å². The number of amides is 2. The summed E-state index contributed by atoms with van der Waals surface area (Å²) in [6, 6.07) is 13.1. The van der Waals surface area contributed by atoms with E-state index in [0.717, 1.165) is 18.4 Å².